The molecule has 0 saturated carbocycles. The summed E-state index contributed by atoms with van der Waals surface area (Å²) >= 11 is 0. The number of aryl methyl sites for hydroxylation is 2. The maximum Gasteiger partial charge on any atom is 0.251 e. The highest BCUT2D eigenvalue weighted by molar-refractivity contribution is 5.96. The number of methoxy groups -OCH3 is 1. The number of rotatable bonds is 2. The Morgan fingerprint density at radius 1 is 1.18 bits per heavy atom. The summed E-state index contributed by atoms with van der Waals surface area (Å²) in [6, 6.07) is 3.77. The van der Waals surface area contributed by atoms with E-state index in [9.17, 15) is 4.79 Å². The largest absolute Gasteiger partial charge is 0.496 e. The Morgan fingerprint density at radius 2 is 1.76 bits per heavy atom. The SMILES string of the molecule is COc1cc(C)c(C(=O)NC(C)(C)C)cc1C. The van der Waals surface area contributed by atoms with Crippen molar-refractivity contribution in [2.24, 2.45) is 0 Å². The molecule has 1 aromatic rings. The summed E-state index contributed by atoms with van der Waals surface area (Å²) in [5.74, 6) is 0.774. The van der Waals surface area contributed by atoms with Gasteiger partial charge in [0, 0.05) is 11.1 Å². The molecule has 0 aromatic heterocycles. The monoisotopic (exact) mass is 235 g/mol. The molecule has 1 rings (SSSR count). The summed E-state index contributed by atoms with van der Waals surface area (Å²) in [5, 5.41) is 2.96. The minimum Gasteiger partial charge on any atom is -0.496 e. The van der Waals surface area contributed by atoms with Crippen molar-refractivity contribution >= 4 is 5.91 Å². The van der Waals surface area contributed by atoms with Gasteiger partial charge in [0.25, 0.3) is 5.91 Å². The molecule has 0 fully saturated rings. The number of carbonyl (C=O) groups is 1. The predicted octanol–water partition coefficient (Wildman–Crippen LogP) is 2.84. The summed E-state index contributed by atoms with van der Waals surface area (Å²) < 4.78 is 5.23. The number of ether oxygens (including phenoxy) is 1. The second-order valence-corrected chi connectivity index (χ2v) is 5.34. The fraction of sp³-hybridized carbons (Fsp3) is 0.500. The molecule has 0 bridgehead atoms. The standard InChI is InChI=1S/C14H21NO2/c1-9-8-12(17-6)10(2)7-11(9)13(16)15-14(3,4)5/h7-8H,1-6H3,(H,15,16). The third kappa shape index (κ3) is 3.48. The summed E-state index contributed by atoms with van der Waals surface area (Å²) in [6.07, 6.45) is 0. The molecule has 1 N–H and O–H groups in total. The highest BCUT2D eigenvalue weighted by Crippen LogP contribution is 2.22. The molecule has 94 valence electrons. The summed E-state index contributed by atoms with van der Waals surface area (Å²) in [7, 11) is 1.64. The van der Waals surface area contributed by atoms with E-state index in [1.54, 1.807) is 7.11 Å². The first-order valence-corrected chi connectivity index (χ1v) is 5.72. The Labute approximate surface area is 103 Å². The topological polar surface area (TPSA) is 38.3 Å². The Morgan fingerprint density at radius 3 is 2.24 bits per heavy atom. The minimum absolute atomic E-state index is 0.0410. The maximum atomic E-state index is 12.1. The van der Waals surface area contributed by atoms with Gasteiger partial charge in [0.1, 0.15) is 5.75 Å². The minimum atomic E-state index is -0.225. The molecule has 0 spiro atoms. The average Bonchev–Trinajstić information content (AvgIpc) is 2.18. The molecule has 3 nitrogen and oxygen atoms in total. The first kappa shape index (κ1) is 13.6. The second-order valence-electron chi connectivity index (χ2n) is 5.34. The van der Waals surface area contributed by atoms with Crippen LogP contribution in [0.4, 0.5) is 0 Å². The van der Waals surface area contributed by atoms with Crippen molar-refractivity contribution in [1.29, 1.82) is 0 Å². The van der Waals surface area contributed by atoms with Gasteiger partial charge in [0.15, 0.2) is 0 Å². The first-order valence-electron chi connectivity index (χ1n) is 5.72. The molecule has 17 heavy (non-hydrogen) atoms. The van der Waals surface area contributed by atoms with Gasteiger partial charge in [-0.1, -0.05) is 0 Å². The number of carbonyl (C=O) groups excluding carboxylic acids is 1. The molecule has 3 heteroatoms. The number of benzene rings is 1. The van der Waals surface area contributed by atoms with Gasteiger partial charge in [0.05, 0.1) is 7.11 Å². The second kappa shape index (κ2) is 4.78. The molecule has 0 aliphatic heterocycles. The number of amides is 1. The fourth-order valence-corrected chi connectivity index (χ4v) is 1.66. The zero-order valence-electron chi connectivity index (χ0n) is 11.5. The van der Waals surface area contributed by atoms with E-state index in [-0.39, 0.29) is 11.4 Å². The molecular weight excluding hydrogens is 214 g/mol. The normalized spacial score (nSPS) is 11.2. The van der Waals surface area contributed by atoms with Crippen LogP contribution < -0.4 is 10.1 Å². The molecule has 0 unspecified atom stereocenters. The van der Waals surface area contributed by atoms with Gasteiger partial charge in [-0.2, -0.15) is 0 Å². The van der Waals surface area contributed by atoms with E-state index in [4.69, 9.17) is 4.74 Å². The molecule has 0 saturated heterocycles. The molecule has 0 heterocycles. The predicted molar refractivity (Wildman–Crippen MR) is 69.7 cm³/mol. The van der Waals surface area contributed by atoms with E-state index < -0.39 is 0 Å². The van der Waals surface area contributed by atoms with E-state index in [0.717, 1.165) is 16.9 Å². The zero-order valence-corrected chi connectivity index (χ0v) is 11.5. The van der Waals surface area contributed by atoms with E-state index >= 15 is 0 Å². The van der Waals surface area contributed by atoms with Crippen LogP contribution >= 0.6 is 0 Å². The van der Waals surface area contributed by atoms with Crippen molar-refractivity contribution in [1.82, 2.24) is 5.32 Å². The lowest BCUT2D eigenvalue weighted by Gasteiger charge is -2.21. The summed E-state index contributed by atoms with van der Waals surface area (Å²) in [4.78, 5) is 12.1. The van der Waals surface area contributed by atoms with Crippen LogP contribution in [-0.4, -0.2) is 18.6 Å². The lowest BCUT2D eigenvalue weighted by atomic mass is 10.0. The quantitative estimate of drug-likeness (QED) is 0.856. The molecule has 0 aliphatic rings. The van der Waals surface area contributed by atoms with Crippen LogP contribution in [0.2, 0.25) is 0 Å². The Kier molecular flexibility index (Phi) is 3.81. The summed E-state index contributed by atoms with van der Waals surface area (Å²) in [6.45, 7) is 9.76. The van der Waals surface area contributed by atoms with Crippen LogP contribution in [0.3, 0.4) is 0 Å². The number of hydrogen-bond donors (Lipinski definition) is 1. The van der Waals surface area contributed by atoms with Crippen molar-refractivity contribution in [3.63, 3.8) is 0 Å². The van der Waals surface area contributed by atoms with Crippen LogP contribution in [-0.2, 0) is 0 Å². The number of nitrogens with one attached hydrogen (secondary N) is 1. The zero-order chi connectivity index (χ0) is 13.2. The molecule has 0 radical (unpaired) electrons. The Bertz CT molecular complexity index is 431. The van der Waals surface area contributed by atoms with Crippen LogP contribution in [0.15, 0.2) is 12.1 Å². The van der Waals surface area contributed by atoms with Gasteiger partial charge < -0.3 is 10.1 Å². The van der Waals surface area contributed by atoms with E-state index in [0.29, 0.717) is 5.56 Å². The van der Waals surface area contributed by atoms with Gasteiger partial charge in [-0.3, -0.25) is 4.79 Å². The Balaban J connectivity index is 3.07. The summed E-state index contributed by atoms with van der Waals surface area (Å²) in [5.41, 5.74) is 2.38. The lowest BCUT2D eigenvalue weighted by molar-refractivity contribution is 0.0919. The van der Waals surface area contributed by atoms with Crippen LogP contribution in [0.25, 0.3) is 0 Å². The molecule has 0 atom stereocenters. The van der Waals surface area contributed by atoms with Crippen molar-refractivity contribution in [2.75, 3.05) is 7.11 Å². The highest BCUT2D eigenvalue weighted by atomic mass is 16.5. The van der Waals surface area contributed by atoms with Crippen molar-refractivity contribution in [2.45, 2.75) is 40.2 Å². The average molecular weight is 235 g/mol. The van der Waals surface area contributed by atoms with E-state index in [1.807, 2.05) is 46.8 Å². The fourth-order valence-electron chi connectivity index (χ4n) is 1.66. The first-order chi connectivity index (χ1) is 7.74. The highest BCUT2D eigenvalue weighted by Gasteiger charge is 2.17. The molecule has 1 aromatic carbocycles. The van der Waals surface area contributed by atoms with Crippen LogP contribution in [0, 0.1) is 13.8 Å². The van der Waals surface area contributed by atoms with Gasteiger partial charge in [-0.25, -0.2) is 0 Å². The van der Waals surface area contributed by atoms with Gasteiger partial charge in [-0.05, 0) is 57.9 Å². The molecular formula is C14H21NO2. The van der Waals surface area contributed by atoms with Gasteiger partial charge in [0.2, 0.25) is 0 Å². The Hall–Kier alpha value is -1.51. The van der Waals surface area contributed by atoms with E-state index in [2.05, 4.69) is 5.32 Å². The molecule has 0 aliphatic carbocycles. The van der Waals surface area contributed by atoms with Crippen molar-refractivity contribution in [3.05, 3.63) is 28.8 Å². The smallest absolute Gasteiger partial charge is 0.251 e. The van der Waals surface area contributed by atoms with Crippen molar-refractivity contribution in [3.8, 4) is 5.75 Å². The maximum absolute atomic E-state index is 12.1. The van der Waals surface area contributed by atoms with E-state index in [1.165, 1.54) is 0 Å². The lowest BCUT2D eigenvalue weighted by Crippen LogP contribution is -2.40. The van der Waals surface area contributed by atoms with Crippen LogP contribution in [0.5, 0.6) is 5.75 Å². The number of hydrogen-bond acceptors (Lipinski definition) is 2. The third-order valence-corrected chi connectivity index (χ3v) is 2.48. The van der Waals surface area contributed by atoms with Crippen LogP contribution in [0.1, 0.15) is 42.3 Å². The van der Waals surface area contributed by atoms with Gasteiger partial charge in [-0.15, -0.1) is 0 Å². The van der Waals surface area contributed by atoms with Gasteiger partial charge >= 0.3 is 0 Å². The molecule has 1 amide bonds. The third-order valence-electron chi connectivity index (χ3n) is 2.48. The van der Waals surface area contributed by atoms with Crippen molar-refractivity contribution < 1.29 is 9.53 Å².